The smallest absolute Gasteiger partial charge is 0.150 e. The summed E-state index contributed by atoms with van der Waals surface area (Å²) in [6.07, 6.45) is 4.52. The van der Waals surface area contributed by atoms with Gasteiger partial charge in [-0.05, 0) is 29.8 Å². The van der Waals surface area contributed by atoms with E-state index in [1.807, 2.05) is 48.7 Å². The van der Waals surface area contributed by atoms with Gasteiger partial charge < -0.3 is 4.98 Å². The van der Waals surface area contributed by atoms with E-state index in [1.165, 1.54) is 0 Å². The number of rotatable bonds is 3. The van der Waals surface area contributed by atoms with Crippen LogP contribution in [0.3, 0.4) is 0 Å². The molecule has 3 nitrogen and oxygen atoms in total. The molecule has 0 bridgehead atoms. The van der Waals surface area contributed by atoms with Gasteiger partial charge in [-0.25, -0.2) is 0 Å². The van der Waals surface area contributed by atoms with E-state index < -0.39 is 0 Å². The highest BCUT2D eigenvalue weighted by Crippen LogP contribution is 2.25. The number of nitrogens with zero attached hydrogens (tertiary/aromatic N) is 1. The first-order chi connectivity index (χ1) is 10.3. The molecule has 0 atom stereocenters. The predicted molar refractivity (Wildman–Crippen MR) is 83.4 cm³/mol. The van der Waals surface area contributed by atoms with Gasteiger partial charge in [0.2, 0.25) is 0 Å². The maximum atomic E-state index is 11.4. The molecule has 100 valence electrons. The van der Waals surface area contributed by atoms with Crippen LogP contribution in [0.4, 0.5) is 0 Å². The fourth-order valence-corrected chi connectivity index (χ4v) is 2.32. The Kier molecular flexibility index (Phi) is 3.36. The first-order valence-electron chi connectivity index (χ1n) is 6.55. The van der Waals surface area contributed by atoms with Crippen LogP contribution in [0.1, 0.15) is 16.7 Å². The lowest BCUT2D eigenvalue weighted by Crippen LogP contribution is -1.85. The molecular formula is C18H12N2O. The van der Waals surface area contributed by atoms with E-state index in [4.69, 9.17) is 5.26 Å². The zero-order valence-corrected chi connectivity index (χ0v) is 11.2. The third-order valence-corrected chi connectivity index (χ3v) is 3.39. The number of aromatic nitrogens is 1. The third kappa shape index (κ3) is 2.47. The van der Waals surface area contributed by atoms with E-state index in [0.717, 1.165) is 28.3 Å². The maximum Gasteiger partial charge on any atom is 0.150 e. The number of benzene rings is 2. The van der Waals surface area contributed by atoms with Crippen LogP contribution in [0.5, 0.6) is 0 Å². The number of nitriles is 1. The fourth-order valence-electron chi connectivity index (χ4n) is 2.32. The summed E-state index contributed by atoms with van der Waals surface area (Å²) in [7, 11) is 0. The maximum absolute atomic E-state index is 11.4. The van der Waals surface area contributed by atoms with Crippen molar-refractivity contribution in [2.75, 3.05) is 0 Å². The topological polar surface area (TPSA) is 56.6 Å². The van der Waals surface area contributed by atoms with Gasteiger partial charge >= 0.3 is 0 Å². The zero-order valence-electron chi connectivity index (χ0n) is 11.2. The second-order valence-corrected chi connectivity index (χ2v) is 4.70. The Labute approximate surface area is 122 Å². The second kappa shape index (κ2) is 5.48. The quantitative estimate of drug-likeness (QED) is 0.582. The highest BCUT2D eigenvalue weighted by atomic mass is 16.1. The van der Waals surface area contributed by atoms with E-state index in [-0.39, 0.29) is 0 Å². The highest BCUT2D eigenvalue weighted by molar-refractivity contribution is 6.17. The van der Waals surface area contributed by atoms with Crippen molar-refractivity contribution in [2.24, 2.45) is 0 Å². The highest BCUT2D eigenvalue weighted by Gasteiger charge is 2.07. The lowest BCUT2D eigenvalue weighted by Gasteiger charge is -2.00. The molecule has 0 fully saturated rings. The van der Waals surface area contributed by atoms with Gasteiger partial charge in [0.05, 0.1) is 11.6 Å². The van der Waals surface area contributed by atoms with Gasteiger partial charge in [-0.3, -0.25) is 4.79 Å². The predicted octanol–water partition coefficient (Wildman–Crippen LogP) is 3.78. The van der Waals surface area contributed by atoms with Gasteiger partial charge in [0.15, 0.2) is 6.29 Å². The minimum absolute atomic E-state index is 0.604. The van der Waals surface area contributed by atoms with Crippen LogP contribution < -0.4 is 0 Å². The van der Waals surface area contributed by atoms with E-state index in [9.17, 15) is 4.79 Å². The van der Waals surface area contributed by atoms with Crippen LogP contribution >= 0.6 is 0 Å². The number of carbonyl (C=O) groups is 1. The molecule has 0 aliphatic carbocycles. The van der Waals surface area contributed by atoms with Gasteiger partial charge in [0, 0.05) is 28.2 Å². The van der Waals surface area contributed by atoms with Gasteiger partial charge in [0.1, 0.15) is 0 Å². The summed E-state index contributed by atoms with van der Waals surface area (Å²) >= 11 is 0. The molecule has 3 aromatic rings. The summed E-state index contributed by atoms with van der Waals surface area (Å²) in [5.41, 5.74) is 3.98. The fraction of sp³-hybridized carbons (Fsp3) is 0. The molecular weight excluding hydrogens is 260 g/mol. The summed E-state index contributed by atoms with van der Waals surface area (Å²) in [6.45, 7) is 0. The molecule has 0 unspecified atom stereocenters. The Morgan fingerprint density at radius 2 is 1.86 bits per heavy atom. The van der Waals surface area contributed by atoms with E-state index in [2.05, 4.69) is 11.1 Å². The second-order valence-electron chi connectivity index (χ2n) is 4.70. The molecule has 0 saturated heterocycles. The van der Waals surface area contributed by atoms with Crippen molar-refractivity contribution in [3.05, 3.63) is 71.4 Å². The van der Waals surface area contributed by atoms with Crippen molar-refractivity contribution in [3.8, 4) is 6.07 Å². The Bertz CT molecular complexity index is 864. The lowest BCUT2D eigenvalue weighted by atomic mass is 10.0. The van der Waals surface area contributed by atoms with Crippen molar-refractivity contribution in [2.45, 2.75) is 0 Å². The minimum atomic E-state index is 0.604. The average Bonchev–Trinajstić information content (AvgIpc) is 2.97. The van der Waals surface area contributed by atoms with Crippen molar-refractivity contribution in [1.82, 2.24) is 4.98 Å². The number of para-hydroxylation sites is 1. The van der Waals surface area contributed by atoms with Crippen molar-refractivity contribution in [3.63, 3.8) is 0 Å². The number of hydrogen-bond donors (Lipinski definition) is 1. The Morgan fingerprint density at radius 1 is 1.10 bits per heavy atom. The largest absolute Gasteiger partial charge is 0.361 e. The summed E-state index contributed by atoms with van der Waals surface area (Å²) in [6, 6.07) is 17.1. The van der Waals surface area contributed by atoms with Crippen molar-refractivity contribution in [1.29, 1.82) is 5.26 Å². The van der Waals surface area contributed by atoms with Gasteiger partial charge in [-0.1, -0.05) is 30.3 Å². The number of allylic oxidation sites excluding steroid dienone is 1. The van der Waals surface area contributed by atoms with Gasteiger partial charge in [0.25, 0.3) is 0 Å². The number of fused-ring (bicyclic) bond motifs is 1. The van der Waals surface area contributed by atoms with Crippen LogP contribution in [-0.4, -0.2) is 11.3 Å². The molecule has 0 aliphatic heterocycles. The lowest BCUT2D eigenvalue weighted by molar-refractivity contribution is -0.103. The van der Waals surface area contributed by atoms with Crippen LogP contribution in [-0.2, 0) is 4.79 Å². The molecule has 1 heterocycles. The van der Waals surface area contributed by atoms with Crippen LogP contribution in [0.25, 0.3) is 22.6 Å². The number of aldehydes is 1. The Hall–Kier alpha value is -3.12. The number of carbonyl (C=O) groups excluding carboxylic acids is 1. The van der Waals surface area contributed by atoms with Gasteiger partial charge in [-0.2, -0.15) is 5.26 Å². The van der Waals surface area contributed by atoms with Crippen molar-refractivity contribution < 1.29 is 4.79 Å². The van der Waals surface area contributed by atoms with Crippen LogP contribution in [0.2, 0.25) is 0 Å². The first kappa shape index (κ1) is 12.9. The first-order valence-corrected chi connectivity index (χ1v) is 6.55. The van der Waals surface area contributed by atoms with Crippen LogP contribution in [0, 0.1) is 11.3 Å². The summed E-state index contributed by atoms with van der Waals surface area (Å²) < 4.78 is 0. The average molecular weight is 272 g/mol. The molecule has 3 rings (SSSR count). The number of aromatic amines is 1. The molecule has 0 saturated carbocycles. The molecule has 0 spiro atoms. The number of H-pyrrole nitrogens is 1. The number of nitrogens with one attached hydrogen (secondary N) is 1. The summed E-state index contributed by atoms with van der Waals surface area (Å²) in [5, 5.41) is 9.82. The summed E-state index contributed by atoms with van der Waals surface area (Å²) in [5.74, 6) is 0. The van der Waals surface area contributed by atoms with Crippen LogP contribution in [0.15, 0.2) is 54.7 Å². The minimum Gasteiger partial charge on any atom is -0.361 e. The molecule has 0 radical (unpaired) electrons. The molecule has 0 aliphatic rings. The van der Waals surface area contributed by atoms with Crippen molar-refractivity contribution >= 4 is 28.8 Å². The summed E-state index contributed by atoms with van der Waals surface area (Å²) in [4.78, 5) is 14.6. The number of hydrogen-bond acceptors (Lipinski definition) is 2. The molecule has 3 heteroatoms. The molecule has 1 N–H and O–H groups in total. The Balaban J connectivity index is 2.07. The third-order valence-electron chi connectivity index (χ3n) is 3.39. The normalized spacial score (nSPS) is 11.3. The molecule has 0 amide bonds. The molecule has 2 aromatic carbocycles. The standard InChI is InChI=1S/C18H12N2O/c19-10-14-7-5-13(6-8-14)9-15(12-21)17-11-20-18-4-2-1-3-16(17)18/h1-9,11-12,20H/b15-9-. The zero-order chi connectivity index (χ0) is 14.7. The van der Waals surface area contributed by atoms with E-state index in [1.54, 1.807) is 12.1 Å². The Morgan fingerprint density at radius 3 is 2.57 bits per heavy atom. The van der Waals surface area contributed by atoms with E-state index in [0.29, 0.717) is 11.1 Å². The monoisotopic (exact) mass is 272 g/mol. The molecule has 1 aromatic heterocycles. The van der Waals surface area contributed by atoms with Gasteiger partial charge in [-0.15, -0.1) is 0 Å². The molecule has 21 heavy (non-hydrogen) atoms. The SMILES string of the molecule is N#Cc1ccc(/C=C(/C=O)c2c[nH]c3ccccc23)cc1. The van der Waals surface area contributed by atoms with E-state index >= 15 is 0 Å².